The summed E-state index contributed by atoms with van der Waals surface area (Å²) < 4.78 is 5.54. The number of hydrogen-bond donors (Lipinski definition) is 0. The summed E-state index contributed by atoms with van der Waals surface area (Å²) in [5, 5.41) is 5.37. The number of aromatic nitrogens is 1. The highest BCUT2D eigenvalue weighted by molar-refractivity contribution is 6.33. The van der Waals surface area contributed by atoms with Gasteiger partial charge in [0.05, 0.1) is 17.0 Å². The Morgan fingerprint density at radius 2 is 2.00 bits per heavy atom. The lowest BCUT2D eigenvalue weighted by Crippen LogP contribution is -2.14. The molecule has 26 heavy (non-hydrogen) atoms. The van der Waals surface area contributed by atoms with Crippen molar-refractivity contribution in [3.63, 3.8) is 0 Å². The molecule has 2 aromatic carbocycles. The quantitative estimate of drug-likeness (QED) is 0.384. The van der Waals surface area contributed by atoms with Crippen molar-refractivity contribution in [1.29, 1.82) is 0 Å². The van der Waals surface area contributed by atoms with Gasteiger partial charge < -0.3 is 9.42 Å². The third-order valence-corrected chi connectivity index (χ3v) is 4.62. The molecule has 0 N–H and O–H groups in total. The number of nitrogens with zero attached hydrogens (tertiary/aromatic N) is 3. The molecule has 0 fully saturated rings. The highest BCUT2D eigenvalue weighted by atomic mass is 35.5. The van der Waals surface area contributed by atoms with E-state index in [1.807, 2.05) is 61.3 Å². The van der Waals surface area contributed by atoms with Crippen molar-refractivity contribution < 1.29 is 4.52 Å². The van der Waals surface area contributed by atoms with Crippen LogP contribution in [0.25, 0.3) is 22.6 Å². The van der Waals surface area contributed by atoms with Crippen LogP contribution in [0.15, 0.2) is 52.0 Å². The van der Waals surface area contributed by atoms with Gasteiger partial charge in [-0.2, -0.15) is 0 Å². The first-order valence-corrected chi connectivity index (χ1v) is 9.01. The number of aliphatic imine (C=N–C) groups is 1. The molecule has 0 unspecified atom stereocenters. The molecule has 0 aliphatic rings. The van der Waals surface area contributed by atoms with Crippen LogP contribution in [0, 0.1) is 6.92 Å². The van der Waals surface area contributed by atoms with Gasteiger partial charge in [0.25, 0.3) is 0 Å². The molecule has 0 aliphatic carbocycles. The topological polar surface area (TPSA) is 41.6 Å². The Morgan fingerprint density at radius 3 is 2.73 bits per heavy atom. The molecule has 0 spiro atoms. The van der Waals surface area contributed by atoms with Gasteiger partial charge in [-0.15, -0.1) is 0 Å². The zero-order chi connectivity index (χ0) is 18.7. The second kappa shape index (κ2) is 7.94. The van der Waals surface area contributed by atoms with Gasteiger partial charge in [0.2, 0.25) is 0 Å². The van der Waals surface area contributed by atoms with Crippen molar-refractivity contribution in [2.24, 2.45) is 4.99 Å². The van der Waals surface area contributed by atoms with Crippen LogP contribution in [0.4, 0.5) is 5.69 Å². The second-order valence-corrected chi connectivity index (χ2v) is 6.87. The van der Waals surface area contributed by atoms with Gasteiger partial charge in [0, 0.05) is 35.8 Å². The van der Waals surface area contributed by atoms with Crippen LogP contribution < -0.4 is 0 Å². The Kier molecular flexibility index (Phi) is 5.64. The van der Waals surface area contributed by atoms with E-state index in [-0.39, 0.29) is 0 Å². The minimum absolute atomic E-state index is 0.562. The maximum absolute atomic E-state index is 6.41. The van der Waals surface area contributed by atoms with E-state index in [1.165, 1.54) is 0 Å². The van der Waals surface area contributed by atoms with Crippen LogP contribution in [0.2, 0.25) is 10.0 Å². The molecule has 1 heterocycles. The van der Waals surface area contributed by atoms with Crippen LogP contribution in [-0.2, 0) is 0 Å². The van der Waals surface area contributed by atoms with Crippen molar-refractivity contribution in [2.45, 2.75) is 13.8 Å². The Labute approximate surface area is 163 Å². The number of halogens is 2. The Morgan fingerprint density at radius 1 is 1.19 bits per heavy atom. The summed E-state index contributed by atoms with van der Waals surface area (Å²) in [5.74, 6) is 0.653. The smallest absolute Gasteiger partial charge is 0.167 e. The molecule has 134 valence electrons. The van der Waals surface area contributed by atoms with Gasteiger partial charge in [0.15, 0.2) is 5.76 Å². The van der Waals surface area contributed by atoms with Crippen LogP contribution in [-0.4, -0.2) is 30.0 Å². The lowest BCUT2D eigenvalue weighted by atomic mass is 10.0. The largest absolute Gasteiger partial charge is 0.366 e. The van der Waals surface area contributed by atoms with E-state index < -0.39 is 0 Å². The molecular weight excluding hydrogens is 369 g/mol. The van der Waals surface area contributed by atoms with E-state index in [4.69, 9.17) is 27.7 Å². The molecule has 0 saturated heterocycles. The summed E-state index contributed by atoms with van der Waals surface area (Å²) in [6.45, 7) is 4.93. The summed E-state index contributed by atoms with van der Waals surface area (Å²) in [4.78, 5) is 6.42. The summed E-state index contributed by atoms with van der Waals surface area (Å²) in [6, 6.07) is 13.2. The predicted octanol–water partition coefficient (Wildman–Crippen LogP) is 6.24. The molecular formula is C20H19Cl2N3O. The summed E-state index contributed by atoms with van der Waals surface area (Å²) in [6.07, 6.45) is 1.77. The van der Waals surface area contributed by atoms with Crippen molar-refractivity contribution in [3.8, 4) is 22.6 Å². The summed E-state index contributed by atoms with van der Waals surface area (Å²) in [5.41, 5.74) is 4.25. The normalized spacial score (nSPS) is 11.3. The fourth-order valence-corrected chi connectivity index (χ4v) is 2.86. The highest BCUT2D eigenvalue weighted by Gasteiger charge is 2.13. The van der Waals surface area contributed by atoms with Crippen molar-refractivity contribution in [3.05, 3.63) is 58.1 Å². The minimum atomic E-state index is 0.562. The minimum Gasteiger partial charge on any atom is -0.366 e. The van der Waals surface area contributed by atoms with Crippen molar-refractivity contribution in [2.75, 3.05) is 13.6 Å². The zero-order valence-electron chi connectivity index (χ0n) is 14.8. The molecule has 0 atom stereocenters. The molecule has 1 aromatic heterocycles. The van der Waals surface area contributed by atoms with Gasteiger partial charge in [0.1, 0.15) is 5.69 Å². The first kappa shape index (κ1) is 18.5. The number of rotatable bonds is 5. The van der Waals surface area contributed by atoms with Crippen molar-refractivity contribution >= 4 is 35.2 Å². The van der Waals surface area contributed by atoms with E-state index in [9.17, 15) is 0 Å². The molecule has 0 bridgehead atoms. The van der Waals surface area contributed by atoms with Gasteiger partial charge in [-0.1, -0.05) is 40.5 Å². The second-order valence-electron chi connectivity index (χ2n) is 6.02. The van der Waals surface area contributed by atoms with Gasteiger partial charge >= 0.3 is 0 Å². The fraction of sp³-hybridized carbons (Fsp3) is 0.200. The van der Waals surface area contributed by atoms with Gasteiger partial charge in [-0.3, -0.25) is 0 Å². The number of aryl methyl sites for hydroxylation is 1. The lowest BCUT2D eigenvalue weighted by molar-refractivity contribution is 0.434. The number of benzene rings is 2. The van der Waals surface area contributed by atoms with Crippen LogP contribution >= 0.6 is 23.2 Å². The Balaban J connectivity index is 1.93. The zero-order valence-corrected chi connectivity index (χ0v) is 16.3. The number of hydrogen-bond acceptors (Lipinski definition) is 3. The maximum Gasteiger partial charge on any atom is 0.167 e. The van der Waals surface area contributed by atoms with Crippen molar-refractivity contribution in [1.82, 2.24) is 10.1 Å². The average Bonchev–Trinajstić information content (AvgIpc) is 3.11. The van der Waals surface area contributed by atoms with E-state index in [1.54, 1.807) is 6.34 Å². The fourth-order valence-electron chi connectivity index (χ4n) is 2.46. The Bertz CT molecular complexity index is 950. The van der Waals surface area contributed by atoms with E-state index in [2.05, 4.69) is 17.1 Å². The average molecular weight is 388 g/mol. The lowest BCUT2D eigenvalue weighted by Gasteiger charge is -2.10. The van der Waals surface area contributed by atoms with Crippen LogP contribution in [0.1, 0.15) is 12.5 Å². The third-order valence-electron chi connectivity index (χ3n) is 4.08. The van der Waals surface area contributed by atoms with Gasteiger partial charge in [-0.05, 0) is 43.7 Å². The van der Waals surface area contributed by atoms with E-state index in [0.717, 1.165) is 34.6 Å². The first-order valence-electron chi connectivity index (χ1n) is 8.25. The molecule has 0 aliphatic heterocycles. The molecule has 3 rings (SSSR count). The molecule has 0 amide bonds. The molecule has 0 saturated carbocycles. The van der Waals surface area contributed by atoms with E-state index in [0.29, 0.717) is 15.8 Å². The van der Waals surface area contributed by atoms with Gasteiger partial charge in [-0.25, -0.2) is 4.99 Å². The maximum atomic E-state index is 6.41. The Hall–Kier alpha value is -2.30. The first-order chi connectivity index (χ1) is 12.5. The van der Waals surface area contributed by atoms with Crippen LogP contribution in [0.5, 0.6) is 0 Å². The standard InChI is InChI=1S/C20H19Cl2N3O/c1-4-25(3)12-23-19-8-13(2)16(10-17(19)22)20-11-18(24-26-20)14-6-5-7-15(21)9-14/h5-12H,4H2,1-3H3. The monoisotopic (exact) mass is 387 g/mol. The predicted molar refractivity (Wildman–Crippen MR) is 109 cm³/mol. The molecule has 0 radical (unpaired) electrons. The molecule has 6 heteroatoms. The summed E-state index contributed by atoms with van der Waals surface area (Å²) in [7, 11) is 1.96. The van der Waals surface area contributed by atoms with Crippen LogP contribution in [0.3, 0.4) is 0 Å². The molecule has 4 nitrogen and oxygen atoms in total. The third kappa shape index (κ3) is 4.09. The summed E-state index contributed by atoms with van der Waals surface area (Å²) >= 11 is 12.5. The SMILES string of the molecule is CCN(C)C=Nc1cc(C)c(-c2cc(-c3cccc(Cl)c3)no2)cc1Cl. The van der Waals surface area contributed by atoms with E-state index >= 15 is 0 Å². The molecule has 3 aromatic rings. The highest BCUT2D eigenvalue weighted by Crippen LogP contribution is 2.35.